The van der Waals surface area contributed by atoms with Gasteiger partial charge in [-0.1, -0.05) is 0 Å². The van der Waals surface area contributed by atoms with Crippen molar-refractivity contribution in [3.8, 4) is 0 Å². The molecule has 0 fully saturated rings. The lowest BCUT2D eigenvalue weighted by atomic mass is 10.4. The maximum atomic E-state index is 12.7. The fourth-order valence-electron chi connectivity index (χ4n) is 1.33. The standard InChI is InChI=1S/C10H10F3N3S/c11-9(12)6-16-5-7(3-15-16)14-4-8-1-2-10(13)17-8/h1-3,5,9,14H,4,6H2. The predicted octanol–water partition coefficient (Wildman–Crippen LogP) is 2.96. The highest BCUT2D eigenvalue weighted by atomic mass is 32.1. The molecule has 2 aromatic heterocycles. The second-order valence-electron chi connectivity index (χ2n) is 3.40. The summed E-state index contributed by atoms with van der Waals surface area (Å²) in [5.74, 6) is 0. The van der Waals surface area contributed by atoms with Crippen molar-refractivity contribution >= 4 is 17.0 Å². The van der Waals surface area contributed by atoms with Crippen molar-refractivity contribution in [2.24, 2.45) is 0 Å². The van der Waals surface area contributed by atoms with Gasteiger partial charge in [-0.15, -0.1) is 11.3 Å². The van der Waals surface area contributed by atoms with E-state index in [-0.39, 0.29) is 5.13 Å². The summed E-state index contributed by atoms with van der Waals surface area (Å²) in [6.45, 7) is 0.0320. The van der Waals surface area contributed by atoms with Gasteiger partial charge in [-0.25, -0.2) is 8.78 Å². The molecule has 17 heavy (non-hydrogen) atoms. The zero-order valence-corrected chi connectivity index (χ0v) is 9.55. The van der Waals surface area contributed by atoms with Crippen molar-refractivity contribution in [3.05, 3.63) is 34.5 Å². The summed E-state index contributed by atoms with van der Waals surface area (Å²) in [4.78, 5) is 0.837. The molecule has 0 amide bonds. The Morgan fingerprint density at radius 1 is 1.41 bits per heavy atom. The molecule has 0 saturated carbocycles. The lowest BCUT2D eigenvalue weighted by Gasteiger charge is -2.00. The molecule has 0 bridgehead atoms. The van der Waals surface area contributed by atoms with Gasteiger partial charge in [0, 0.05) is 17.6 Å². The van der Waals surface area contributed by atoms with Gasteiger partial charge < -0.3 is 5.32 Å². The summed E-state index contributed by atoms with van der Waals surface area (Å²) in [5, 5.41) is 6.52. The Bertz CT molecular complexity index is 481. The van der Waals surface area contributed by atoms with Gasteiger partial charge in [0.15, 0.2) is 5.13 Å². The SMILES string of the molecule is Fc1ccc(CNc2cnn(CC(F)F)c2)s1. The summed E-state index contributed by atoms with van der Waals surface area (Å²) >= 11 is 1.05. The first-order chi connectivity index (χ1) is 8.13. The molecule has 92 valence electrons. The van der Waals surface area contributed by atoms with Crippen molar-refractivity contribution in [1.29, 1.82) is 0 Å². The van der Waals surface area contributed by atoms with Gasteiger partial charge >= 0.3 is 0 Å². The highest BCUT2D eigenvalue weighted by molar-refractivity contribution is 7.10. The maximum absolute atomic E-state index is 12.7. The van der Waals surface area contributed by atoms with Gasteiger partial charge in [0.25, 0.3) is 6.43 Å². The van der Waals surface area contributed by atoms with Crippen LogP contribution in [0.3, 0.4) is 0 Å². The van der Waals surface area contributed by atoms with E-state index in [0.717, 1.165) is 16.2 Å². The number of halogens is 3. The van der Waals surface area contributed by atoms with E-state index in [1.165, 1.54) is 23.1 Å². The van der Waals surface area contributed by atoms with E-state index in [1.807, 2.05) is 0 Å². The Labute approximate surface area is 99.9 Å². The zero-order valence-electron chi connectivity index (χ0n) is 8.74. The lowest BCUT2D eigenvalue weighted by Crippen LogP contribution is -2.06. The van der Waals surface area contributed by atoms with E-state index in [2.05, 4.69) is 10.4 Å². The van der Waals surface area contributed by atoms with Crippen LogP contribution in [0.4, 0.5) is 18.9 Å². The molecule has 0 aromatic carbocycles. The number of nitrogens with one attached hydrogen (secondary N) is 1. The highest BCUT2D eigenvalue weighted by Gasteiger charge is 2.06. The van der Waals surface area contributed by atoms with Crippen LogP contribution in [0.2, 0.25) is 0 Å². The molecule has 2 heterocycles. The largest absolute Gasteiger partial charge is 0.378 e. The molecule has 7 heteroatoms. The summed E-state index contributed by atoms with van der Waals surface area (Å²) in [6.07, 6.45) is 0.539. The summed E-state index contributed by atoms with van der Waals surface area (Å²) < 4.78 is 38.0. The van der Waals surface area contributed by atoms with Crippen LogP contribution in [0.1, 0.15) is 4.88 Å². The molecule has 0 radical (unpaired) electrons. The molecule has 0 saturated heterocycles. The Hall–Kier alpha value is -1.50. The molecule has 0 spiro atoms. The van der Waals surface area contributed by atoms with E-state index in [4.69, 9.17) is 0 Å². The fraction of sp³-hybridized carbons (Fsp3) is 0.300. The van der Waals surface area contributed by atoms with Gasteiger partial charge in [0.1, 0.15) is 6.54 Å². The number of hydrogen-bond donors (Lipinski definition) is 1. The second-order valence-corrected chi connectivity index (χ2v) is 4.52. The van der Waals surface area contributed by atoms with Gasteiger partial charge in [-0.05, 0) is 12.1 Å². The topological polar surface area (TPSA) is 29.9 Å². The van der Waals surface area contributed by atoms with Crippen LogP contribution < -0.4 is 5.32 Å². The number of nitrogens with zero attached hydrogens (tertiary/aromatic N) is 2. The summed E-state index contributed by atoms with van der Waals surface area (Å²) in [7, 11) is 0. The number of hydrogen-bond acceptors (Lipinski definition) is 3. The molecular formula is C10H10F3N3S. The first-order valence-corrected chi connectivity index (χ1v) is 5.74. The number of aromatic nitrogens is 2. The quantitative estimate of drug-likeness (QED) is 0.896. The van der Waals surface area contributed by atoms with Crippen LogP contribution in [-0.4, -0.2) is 16.2 Å². The van der Waals surface area contributed by atoms with Gasteiger partial charge in [-0.3, -0.25) is 4.68 Å². The van der Waals surface area contributed by atoms with Crippen LogP contribution >= 0.6 is 11.3 Å². The maximum Gasteiger partial charge on any atom is 0.257 e. The molecule has 3 nitrogen and oxygen atoms in total. The Balaban J connectivity index is 1.89. The van der Waals surface area contributed by atoms with E-state index in [0.29, 0.717) is 12.2 Å². The van der Waals surface area contributed by atoms with Crippen LogP contribution in [0, 0.1) is 5.13 Å². The van der Waals surface area contributed by atoms with Crippen LogP contribution in [0.15, 0.2) is 24.5 Å². The third-order valence-corrected chi connectivity index (χ3v) is 2.93. The van der Waals surface area contributed by atoms with Crippen molar-refractivity contribution in [3.63, 3.8) is 0 Å². The third kappa shape index (κ3) is 3.48. The predicted molar refractivity (Wildman–Crippen MR) is 59.8 cm³/mol. The number of anilines is 1. The fourth-order valence-corrected chi connectivity index (χ4v) is 2.00. The van der Waals surface area contributed by atoms with Crippen molar-refractivity contribution < 1.29 is 13.2 Å². The summed E-state index contributed by atoms with van der Waals surface area (Å²) in [6, 6.07) is 3.07. The molecule has 1 N–H and O–H groups in total. The van der Waals surface area contributed by atoms with E-state index in [9.17, 15) is 13.2 Å². The highest BCUT2D eigenvalue weighted by Crippen LogP contribution is 2.16. The van der Waals surface area contributed by atoms with Crippen LogP contribution in [-0.2, 0) is 13.1 Å². The van der Waals surface area contributed by atoms with E-state index in [1.54, 1.807) is 6.07 Å². The van der Waals surface area contributed by atoms with Crippen molar-refractivity contribution in [2.75, 3.05) is 5.32 Å². The molecule has 0 aliphatic carbocycles. The second kappa shape index (κ2) is 5.22. The average molecular weight is 261 g/mol. The molecule has 0 aliphatic rings. The van der Waals surface area contributed by atoms with Crippen LogP contribution in [0.25, 0.3) is 0 Å². The van der Waals surface area contributed by atoms with Gasteiger partial charge in [-0.2, -0.15) is 9.49 Å². The van der Waals surface area contributed by atoms with E-state index < -0.39 is 13.0 Å². The molecule has 0 aliphatic heterocycles. The molecule has 2 rings (SSSR count). The molecule has 0 unspecified atom stereocenters. The minimum atomic E-state index is -2.42. The normalized spacial score (nSPS) is 11.1. The summed E-state index contributed by atoms with van der Waals surface area (Å²) in [5.41, 5.74) is 0.638. The Kier molecular flexibility index (Phi) is 3.68. The molecule has 0 atom stereocenters. The first kappa shape index (κ1) is 12.0. The third-order valence-electron chi connectivity index (χ3n) is 2.05. The first-order valence-electron chi connectivity index (χ1n) is 4.92. The lowest BCUT2D eigenvalue weighted by molar-refractivity contribution is 0.122. The number of rotatable bonds is 5. The smallest absolute Gasteiger partial charge is 0.257 e. The molecular weight excluding hydrogens is 251 g/mol. The molecule has 2 aromatic rings. The van der Waals surface area contributed by atoms with Crippen LogP contribution in [0.5, 0.6) is 0 Å². The minimum absolute atomic E-state index is 0.241. The van der Waals surface area contributed by atoms with Crippen molar-refractivity contribution in [1.82, 2.24) is 9.78 Å². The Morgan fingerprint density at radius 3 is 2.88 bits per heavy atom. The minimum Gasteiger partial charge on any atom is -0.378 e. The monoisotopic (exact) mass is 261 g/mol. The van der Waals surface area contributed by atoms with Crippen molar-refractivity contribution in [2.45, 2.75) is 19.5 Å². The Morgan fingerprint density at radius 2 is 2.24 bits per heavy atom. The van der Waals surface area contributed by atoms with Gasteiger partial charge in [0.05, 0.1) is 11.9 Å². The zero-order chi connectivity index (χ0) is 12.3. The van der Waals surface area contributed by atoms with Gasteiger partial charge in [0.2, 0.25) is 0 Å². The average Bonchev–Trinajstić information content (AvgIpc) is 2.84. The number of alkyl halides is 2. The number of thiophene rings is 1. The van der Waals surface area contributed by atoms with E-state index >= 15 is 0 Å².